The van der Waals surface area contributed by atoms with Gasteiger partial charge >= 0.3 is 5.97 Å². The second kappa shape index (κ2) is 23.4. The maximum Gasteiger partial charge on any atom is 0.335 e. The molecule has 1 aromatic carbocycles. The predicted molar refractivity (Wildman–Crippen MR) is 248 cm³/mol. The highest BCUT2D eigenvalue weighted by Gasteiger charge is 2.43. The van der Waals surface area contributed by atoms with Crippen molar-refractivity contribution in [1.82, 2.24) is 9.64 Å². The lowest BCUT2D eigenvalue weighted by Crippen LogP contribution is -2.32. The molecule has 4 aliphatic rings. The molecule has 380 valence electrons. The van der Waals surface area contributed by atoms with Crippen LogP contribution >= 0.6 is 0 Å². The normalized spacial score (nSPS) is 18.0. The molecule has 1 unspecified atom stereocenters. The minimum absolute atomic E-state index is 0.00936. The van der Waals surface area contributed by atoms with Gasteiger partial charge in [0.2, 0.25) is 5.36 Å². The zero-order chi connectivity index (χ0) is 50.8. The molecule has 3 heterocycles. The van der Waals surface area contributed by atoms with E-state index in [1.807, 2.05) is 40.7 Å². The van der Waals surface area contributed by atoms with Crippen molar-refractivity contribution in [3.63, 3.8) is 0 Å². The van der Waals surface area contributed by atoms with Crippen LogP contribution in [0.25, 0.3) is 17.4 Å². The Hall–Kier alpha value is -4.85. The van der Waals surface area contributed by atoms with Crippen molar-refractivity contribution < 1.29 is 76.8 Å². The maximum absolute atomic E-state index is 12.3. The third kappa shape index (κ3) is 15.6. The Morgan fingerprint density at radius 1 is 0.841 bits per heavy atom. The van der Waals surface area contributed by atoms with E-state index >= 15 is 0 Å². The van der Waals surface area contributed by atoms with Crippen molar-refractivity contribution in [3.05, 3.63) is 82.6 Å². The lowest BCUT2D eigenvalue weighted by atomic mass is 9.77. The summed E-state index contributed by atoms with van der Waals surface area (Å²) in [4.78, 5) is 41.4. The number of hydroxylamine groups is 2. The molecule has 1 fully saturated rings. The molecule has 1 saturated heterocycles. The SMILES string of the molecule is CC[N+](CCCS(=O)(=O)[O-])=c1ccc2c(C(C)(C)C)cc(/C=C/C=C3/N(CCOCCOCCOCCC(=O)ON4C(=O)CCC4=O)c4ccc(S(=O)(=O)[O-])cc4C3(C)CCCS(=O)(=O)[O-])oc-2c1. The number of anilines is 1. The first kappa shape index (κ1) is 55.1. The van der Waals surface area contributed by atoms with Gasteiger partial charge in [-0.1, -0.05) is 26.8 Å². The zero-order valence-corrected chi connectivity index (χ0v) is 41.8. The van der Waals surface area contributed by atoms with Crippen molar-refractivity contribution >= 4 is 59.9 Å². The Labute approximate surface area is 403 Å². The Bertz CT molecular complexity index is 2780. The summed E-state index contributed by atoms with van der Waals surface area (Å²) in [6.07, 6.45) is 5.21. The van der Waals surface area contributed by atoms with E-state index in [0.29, 0.717) is 46.6 Å². The van der Waals surface area contributed by atoms with Crippen LogP contribution in [0.15, 0.2) is 69.6 Å². The lowest BCUT2D eigenvalue weighted by molar-refractivity contribution is -0.198. The van der Waals surface area contributed by atoms with E-state index < -0.39 is 70.0 Å². The summed E-state index contributed by atoms with van der Waals surface area (Å²) >= 11 is 0. The van der Waals surface area contributed by atoms with Gasteiger partial charge in [-0.2, -0.15) is 0 Å². The summed E-state index contributed by atoms with van der Waals surface area (Å²) in [5.41, 5.74) is 1.95. The Morgan fingerprint density at radius 2 is 1.46 bits per heavy atom. The van der Waals surface area contributed by atoms with Gasteiger partial charge in [-0.05, 0) is 85.7 Å². The molecule has 0 radical (unpaired) electrons. The number of rotatable bonds is 25. The first-order valence-electron chi connectivity index (χ1n) is 22.4. The van der Waals surface area contributed by atoms with Gasteiger partial charge in [-0.3, -0.25) is 9.59 Å². The summed E-state index contributed by atoms with van der Waals surface area (Å²) in [7, 11) is -13.9. The van der Waals surface area contributed by atoms with E-state index in [4.69, 9.17) is 23.5 Å². The van der Waals surface area contributed by atoms with Crippen LogP contribution in [-0.4, -0.2) is 133 Å². The molecule has 1 aromatic rings. The van der Waals surface area contributed by atoms with Gasteiger partial charge in [0.25, 0.3) is 11.8 Å². The van der Waals surface area contributed by atoms with E-state index in [1.165, 1.54) is 18.2 Å². The number of ether oxygens (including phenoxy) is 3. The minimum atomic E-state index is -4.90. The van der Waals surface area contributed by atoms with Crippen LogP contribution in [-0.2, 0) is 74.6 Å². The molecule has 5 rings (SSSR count). The molecule has 1 atom stereocenters. The van der Waals surface area contributed by atoms with Crippen LogP contribution in [0, 0.1) is 0 Å². The average Bonchev–Trinajstić information content (AvgIpc) is 3.69. The number of fused-ring (bicyclic) bond motifs is 2. The standard InChI is InChI=1S/C46H61N3O17S3/c1-6-47(20-9-29-68(56,57)58)33-12-14-36-37(45(2,3)4)31-34(65-40(36)30-33)10-7-11-41-46(5,19-8-28-67(53,54)55)38-32-35(69(59,60)61)13-15-39(38)48(41)21-23-63-25-27-64-26-24-62-22-18-44(52)66-49-42(50)16-17-43(49)51/h7,10-15,30-32H,6,8-9,16-29H2,1-5H3,(H2-,53,54,55,56,57,58,59,60,61)/p-2. The van der Waals surface area contributed by atoms with Crippen molar-refractivity contribution in [2.24, 2.45) is 0 Å². The monoisotopic (exact) mass is 1020 g/mol. The summed E-state index contributed by atoms with van der Waals surface area (Å²) < 4.78 is 131. The lowest BCUT2D eigenvalue weighted by Gasteiger charge is -2.30. The second-order valence-electron chi connectivity index (χ2n) is 17.7. The molecular formula is C46H59N3O17S3-2. The number of hydrogen-bond donors (Lipinski definition) is 0. The molecule has 3 aliphatic heterocycles. The Morgan fingerprint density at radius 3 is 2.07 bits per heavy atom. The summed E-state index contributed by atoms with van der Waals surface area (Å²) in [5.74, 6) is -2.08. The first-order chi connectivity index (χ1) is 32.3. The summed E-state index contributed by atoms with van der Waals surface area (Å²) in [5, 5.41) is 1.24. The van der Waals surface area contributed by atoms with Crippen LogP contribution in [0.1, 0.15) is 90.0 Å². The van der Waals surface area contributed by atoms with Crippen LogP contribution in [0.5, 0.6) is 0 Å². The molecule has 69 heavy (non-hydrogen) atoms. The third-order valence-corrected chi connectivity index (χ3v) is 14.0. The number of carbonyl (C=O) groups is 3. The molecular weight excluding hydrogens is 963 g/mol. The van der Waals surface area contributed by atoms with Crippen molar-refractivity contribution in [2.75, 3.05) is 75.7 Å². The molecule has 23 heteroatoms. The zero-order valence-electron chi connectivity index (χ0n) is 39.3. The summed E-state index contributed by atoms with van der Waals surface area (Å²) in [6.45, 7) is 11.7. The third-order valence-electron chi connectivity index (χ3n) is 11.6. The maximum atomic E-state index is 12.3. The van der Waals surface area contributed by atoms with E-state index in [2.05, 4.69) is 20.8 Å². The first-order valence-corrected chi connectivity index (χ1v) is 27.0. The van der Waals surface area contributed by atoms with E-state index in [0.717, 1.165) is 16.5 Å². The quantitative estimate of drug-likeness (QED) is 0.0509. The Balaban J connectivity index is 1.36. The molecule has 0 N–H and O–H groups in total. The fraction of sp³-hybridized carbons (Fsp3) is 0.522. The predicted octanol–water partition coefficient (Wildman–Crippen LogP) is 3.36. The van der Waals surface area contributed by atoms with Crippen LogP contribution in [0.2, 0.25) is 0 Å². The molecule has 0 bridgehead atoms. The van der Waals surface area contributed by atoms with E-state index in [9.17, 15) is 53.3 Å². The van der Waals surface area contributed by atoms with Crippen LogP contribution in [0.3, 0.4) is 0 Å². The molecule has 0 saturated carbocycles. The second-order valence-corrected chi connectivity index (χ2v) is 22.1. The number of benzene rings is 2. The molecule has 0 spiro atoms. The highest BCUT2D eigenvalue weighted by molar-refractivity contribution is 7.86. The molecule has 2 amide bonds. The molecule has 20 nitrogen and oxygen atoms in total. The number of nitrogens with zero attached hydrogens (tertiary/aromatic N) is 3. The number of amides is 2. The van der Waals surface area contributed by atoms with Gasteiger partial charge in [0.15, 0.2) is 0 Å². The van der Waals surface area contributed by atoms with Crippen LogP contribution < -0.4 is 14.8 Å². The van der Waals surface area contributed by atoms with Crippen molar-refractivity contribution in [1.29, 1.82) is 0 Å². The number of hydrogen-bond acceptors (Lipinski definition) is 18. The topological polar surface area (TPSA) is 282 Å². The Kier molecular flexibility index (Phi) is 18.7. The van der Waals surface area contributed by atoms with Crippen molar-refractivity contribution in [3.8, 4) is 11.3 Å². The fourth-order valence-corrected chi connectivity index (χ4v) is 9.66. The fourth-order valence-electron chi connectivity index (χ4n) is 8.18. The smallest absolute Gasteiger partial charge is 0.335 e. The number of carbonyl (C=O) groups excluding carboxylic acids is 3. The highest BCUT2D eigenvalue weighted by atomic mass is 32.2. The van der Waals surface area contributed by atoms with Gasteiger partial charge in [0.1, 0.15) is 34.7 Å². The largest absolute Gasteiger partial charge is 0.748 e. The van der Waals surface area contributed by atoms with E-state index in [-0.39, 0.29) is 90.1 Å². The molecule has 0 aromatic heterocycles. The number of imide groups is 1. The van der Waals surface area contributed by atoms with Crippen molar-refractivity contribution in [2.45, 2.75) is 88.9 Å². The average molecular weight is 1020 g/mol. The van der Waals surface area contributed by atoms with Gasteiger partial charge in [0.05, 0.1) is 77.3 Å². The molecule has 1 aliphatic carbocycles. The highest BCUT2D eigenvalue weighted by Crippen LogP contribution is 2.51. The van der Waals surface area contributed by atoms with Gasteiger partial charge < -0.3 is 42.0 Å². The summed E-state index contributed by atoms with van der Waals surface area (Å²) in [6, 6.07) is 11.6. The number of allylic oxidation sites excluding steroid dienone is 3. The van der Waals surface area contributed by atoms with Gasteiger partial charge in [0, 0.05) is 65.7 Å². The minimum Gasteiger partial charge on any atom is -0.748 e. The van der Waals surface area contributed by atoms with Gasteiger partial charge in [-0.15, -0.1) is 5.06 Å². The van der Waals surface area contributed by atoms with E-state index in [1.54, 1.807) is 25.2 Å². The van der Waals surface area contributed by atoms with Gasteiger partial charge in [-0.25, -0.2) is 34.6 Å². The van der Waals surface area contributed by atoms with Crippen LogP contribution in [0.4, 0.5) is 5.69 Å².